The molecule has 0 fully saturated rings. The molecule has 0 aromatic heterocycles. The molecule has 3 heteroatoms. The van der Waals surface area contributed by atoms with Crippen LogP contribution in [0.15, 0.2) is 24.3 Å². The summed E-state index contributed by atoms with van der Waals surface area (Å²) in [6.45, 7) is 7.32. The highest BCUT2D eigenvalue weighted by molar-refractivity contribution is 6.31. The van der Waals surface area contributed by atoms with E-state index in [1.807, 2.05) is 20.8 Å². The van der Waals surface area contributed by atoms with Crippen LogP contribution in [0.25, 0.3) is 0 Å². The van der Waals surface area contributed by atoms with Crippen LogP contribution in [0.1, 0.15) is 39.4 Å². The Morgan fingerprint density at radius 3 is 2.62 bits per heavy atom. The van der Waals surface area contributed by atoms with Gasteiger partial charge in [-0.2, -0.15) is 0 Å². The topological polar surface area (TPSA) is 29.1 Å². The third-order valence-electron chi connectivity index (χ3n) is 1.99. The van der Waals surface area contributed by atoms with Crippen molar-refractivity contribution in [1.29, 1.82) is 0 Å². The maximum atomic E-state index is 12.2. The van der Waals surface area contributed by atoms with Gasteiger partial charge in [0.2, 0.25) is 0 Å². The van der Waals surface area contributed by atoms with Gasteiger partial charge in [-0.25, -0.2) is 0 Å². The zero-order valence-corrected chi connectivity index (χ0v) is 10.9. The molecule has 16 heavy (non-hydrogen) atoms. The number of hydrogen-bond acceptors (Lipinski definition) is 2. The van der Waals surface area contributed by atoms with Crippen LogP contribution in [0, 0.1) is 0 Å². The van der Waals surface area contributed by atoms with Crippen LogP contribution in [-0.2, 0) is 0 Å². The van der Waals surface area contributed by atoms with E-state index in [9.17, 15) is 4.79 Å². The molecule has 1 aromatic carbocycles. The largest absolute Gasteiger partial charge is 0.303 e. The molecule has 0 spiro atoms. The molecular formula is C13H18ClNO. The van der Waals surface area contributed by atoms with Gasteiger partial charge in [0, 0.05) is 16.1 Å². The standard InChI is InChI=1S/C13H18ClNO/c1-9(15-13(2,3)4)12(16)10-6-5-7-11(14)8-10/h5-9,15H,1-4H3/t9-/m1/s1/i9D. The molecule has 1 atom stereocenters. The van der Waals surface area contributed by atoms with Gasteiger partial charge in [0.15, 0.2) is 5.78 Å². The Balaban J connectivity index is 2.96. The predicted molar refractivity (Wildman–Crippen MR) is 68.1 cm³/mol. The fourth-order valence-corrected chi connectivity index (χ4v) is 1.66. The lowest BCUT2D eigenvalue weighted by Gasteiger charge is -2.25. The summed E-state index contributed by atoms with van der Waals surface area (Å²) >= 11 is 5.84. The molecule has 1 aromatic rings. The smallest absolute Gasteiger partial charge is 0.179 e. The lowest BCUT2D eigenvalue weighted by atomic mass is 10.0. The summed E-state index contributed by atoms with van der Waals surface area (Å²) in [6, 6.07) is 5.31. The van der Waals surface area contributed by atoms with Crippen molar-refractivity contribution in [2.24, 2.45) is 0 Å². The molecule has 1 N–H and O–H groups in total. The molecule has 0 heterocycles. The lowest BCUT2D eigenvalue weighted by Crippen LogP contribution is -2.46. The monoisotopic (exact) mass is 240 g/mol. The number of carbonyl (C=O) groups is 1. The van der Waals surface area contributed by atoms with Crippen molar-refractivity contribution in [2.45, 2.75) is 39.3 Å². The molecule has 0 radical (unpaired) electrons. The van der Waals surface area contributed by atoms with Crippen LogP contribution in [0.5, 0.6) is 0 Å². The van der Waals surface area contributed by atoms with E-state index in [4.69, 9.17) is 13.0 Å². The molecule has 0 saturated heterocycles. The highest BCUT2D eigenvalue weighted by Gasteiger charge is 2.20. The zero-order valence-electron chi connectivity index (χ0n) is 11.1. The Labute approximate surface area is 103 Å². The number of carbonyl (C=O) groups excluding carboxylic acids is 1. The minimum Gasteiger partial charge on any atom is -0.303 e. The average Bonchev–Trinajstić information content (AvgIpc) is 2.12. The summed E-state index contributed by atoms with van der Waals surface area (Å²) in [5.74, 6) is -0.282. The van der Waals surface area contributed by atoms with Crippen LogP contribution in [0.4, 0.5) is 0 Å². The van der Waals surface area contributed by atoms with Crippen LogP contribution in [0.2, 0.25) is 5.02 Å². The number of hydrogen-bond donors (Lipinski definition) is 1. The Kier molecular flexibility index (Phi) is 3.62. The molecular weight excluding hydrogens is 222 g/mol. The molecule has 1 rings (SSSR count). The van der Waals surface area contributed by atoms with Crippen molar-refractivity contribution in [3.63, 3.8) is 0 Å². The van der Waals surface area contributed by atoms with E-state index in [0.29, 0.717) is 10.6 Å². The SMILES string of the molecule is [2H][C@](C)(NC(C)(C)C)C(=O)c1cccc(Cl)c1. The van der Waals surface area contributed by atoms with Gasteiger partial charge in [0.05, 0.1) is 7.39 Å². The first-order chi connectivity index (χ1) is 7.62. The summed E-state index contributed by atoms with van der Waals surface area (Å²) in [4.78, 5) is 12.2. The van der Waals surface area contributed by atoms with E-state index in [0.717, 1.165) is 0 Å². The quantitative estimate of drug-likeness (QED) is 0.822. The molecule has 0 aliphatic rings. The van der Waals surface area contributed by atoms with Crippen LogP contribution in [-0.4, -0.2) is 17.3 Å². The summed E-state index contributed by atoms with van der Waals surface area (Å²) in [6.07, 6.45) is 0. The van der Waals surface area contributed by atoms with Gasteiger partial charge in [-0.15, -0.1) is 0 Å². The average molecular weight is 241 g/mol. The highest BCUT2D eigenvalue weighted by atomic mass is 35.5. The molecule has 0 amide bonds. The number of halogens is 1. The molecule has 2 nitrogen and oxygen atoms in total. The van der Waals surface area contributed by atoms with Crippen LogP contribution < -0.4 is 5.32 Å². The molecule has 0 bridgehead atoms. The van der Waals surface area contributed by atoms with Crippen molar-refractivity contribution in [2.75, 3.05) is 0 Å². The van der Waals surface area contributed by atoms with Crippen molar-refractivity contribution < 1.29 is 6.17 Å². The Hall–Kier alpha value is -0.860. The number of ketones is 1. The van der Waals surface area contributed by atoms with Gasteiger partial charge in [0.1, 0.15) is 0 Å². The molecule has 0 aliphatic heterocycles. The minimum absolute atomic E-state index is 0.282. The van der Waals surface area contributed by atoms with Crippen molar-refractivity contribution >= 4 is 17.4 Å². The molecule has 0 saturated carbocycles. The van der Waals surface area contributed by atoms with Crippen LogP contribution in [0.3, 0.4) is 0 Å². The van der Waals surface area contributed by atoms with E-state index < -0.39 is 6.02 Å². The second kappa shape index (κ2) is 4.98. The first-order valence-electron chi connectivity index (χ1n) is 5.71. The summed E-state index contributed by atoms with van der Waals surface area (Å²) in [7, 11) is 0. The summed E-state index contributed by atoms with van der Waals surface area (Å²) < 4.78 is 8.09. The fourth-order valence-electron chi connectivity index (χ4n) is 1.47. The lowest BCUT2D eigenvalue weighted by molar-refractivity contribution is 0.0936. The second-order valence-corrected chi connectivity index (χ2v) is 5.28. The summed E-state index contributed by atoms with van der Waals surface area (Å²) in [5.41, 5.74) is 0.150. The first-order valence-corrected chi connectivity index (χ1v) is 5.59. The van der Waals surface area contributed by atoms with Gasteiger partial charge in [-0.3, -0.25) is 4.79 Å². The van der Waals surface area contributed by atoms with Gasteiger partial charge in [0.25, 0.3) is 0 Å². The number of nitrogens with one attached hydrogen (secondary N) is 1. The molecule has 0 unspecified atom stereocenters. The summed E-state index contributed by atoms with van der Waals surface area (Å²) in [5, 5.41) is 3.49. The van der Waals surface area contributed by atoms with Crippen molar-refractivity contribution in [1.82, 2.24) is 5.32 Å². The number of rotatable bonds is 3. The third kappa shape index (κ3) is 3.95. The number of benzene rings is 1. The van der Waals surface area contributed by atoms with E-state index in [2.05, 4.69) is 5.32 Å². The fraction of sp³-hybridized carbons (Fsp3) is 0.462. The van der Waals surface area contributed by atoms with Gasteiger partial charge in [-0.05, 0) is 39.8 Å². The first kappa shape index (κ1) is 11.6. The Morgan fingerprint density at radius 1 is 1.50 bits per heavy atom. The maximum Gasteiger partial charge on any atom is 0.179 e. The van der Waals surface area contributed by atoms with Crippen molar-refractivity contribution in [3.8, 4) is 0 Å². The van der Waals surface area contributed by atoms with Gasteiger partial charge >= 0.3 is 0 Å². The minimum atomic E-state index is -1.36. The Bertz CT molecular complexity index is 424. The maximum absolute atomic E-state index is 12.2. The second-order valence-electron chi connectivity index (χ2n) is 4.84. The van der Waals surface area contributed by atoms with Crippen molar-refractivity contribution in [3.05, 3.63) is 34.9 Å². The van der Waals surface area contributed by atoms with Crippen LogP contribution >= 0.6 is 11.6 Å². The zero-order chi connectivity index (χ0) is 13.3. The normalized spacial score (nSPS) is 16.4. The highest BCUT2D eigenvalue weighted by Crippen LogP contribution is 2.13. The Morgan fingerprint density at radius 2 is 2.12 bits per heavy atom. The molecule has 88 valence electrons. The van der Waals surface area contributed by atoms with Gasteiger partial charge < -0.3 is 5.32 Å². The van der Waals surface area contributed by atoms with E-state index >= 15 is 0 Å². The third-order valence-corrected chi connectivity index (χ3v) is 2.22. The number of Topliss-reactive ketones (excluding diaryl/α,β-unsaturated/α-hetero) is 1. The van der Waals surface area contributed by atoms with Gasteiger partial charge in [-0.1, -0.05) is 23.7 Å². The van der Waals surface area contributed by atoms with E-state index in [1.54, 1.807) is 31.2 Å². The van der Waals surface area contributed by atoms with E-state index in [1.165, 1.54) is 0 Å². The van der Waals surface area contributed by atoms with E-state index in [-0.39, 0.29) is 11.3 Å². The molecule has 0 aliphatic carbocycles. The predicted octanol–water partition coefficient (Wildman–Crippen LogP) is 3.30.